The maximum atomic E-state index is 13.0. The number of halogens is 1. The van der Waals surface area contributed by atoms with Crippen LogP contribution in [-0.4, -0.2) is 31.4 Å². The first-order valence-corrected chi connectivity index (χ1v) is 11.1. The molecule has 0 spiro atoms. The molecule has 1 atom stereocenters. The minimum atomic E-state index is -3.78. The second kappa shape index (κ2) is 9.06. The number of carbonyl (C=O) groups is 2. The quantitative estimate of drug-likeness (QED) is 0.490. The summed E-state index contributed by atoms with van der Waals surface area (Å²) in [4.78, 5) is 24.1. The molecule has 1 aromatic heterocycles. The van der Waals surface area contributed by atoms with Gasteiger partial charge in [0.15, 0.2) is 0 Å². The number of anilines is 1. The smallest absolute Gasteiger partial charge is 0.326 e. The van der Waals surface area contributed by atoms with Gasteiger partial charge in [-0.15, -0.1) is 11.3 Å². The third-order valence-corrected chi connectivity index (χ3v) is 6.87. The zero-order valence-electron chi connectivity index (χ0n) is 15.4. The molecule has 3 N–H and O–H groups in total. The van der Waals surface area contributed by atoms with Crippen LogP contribution in [0.2, 0.25) is 0 Å². The van der Waals surface area contributed by atoms with Crippen LogP contribution in [0.5, 0.6) is 0 Å². The zero-order valence-corrected chi connectivity index (χ0v) is 17.0. The molecule has 0 aliphatic carbocycles. The fourth-order valence-electron chi connectivity index (χ4n) is 2.64. The van der Waals surface area contributed by atoms with Gasteiger partial charge in [0.25, 0.3) is 15.9 Å². The summed E-state index contributed by atoms with van der Waals surface area (Å²) < 4.78 is 40.2. The fourth-order valence-corrected chi connectivity index (χ4v) is 4.69. The Bertz CT molecular complexity index is 1150. The zero-order chi connectivity index (χ0) is 21.7. The van der Waals surface area contributed by atoms with E-state index in [0.29, 0.717) is 5.56 Å². The van der Waals surface area contributed by atoms with Crippen molar-refractivity contribution in [2.24, 2.45) is 0 Å². The molecular weight excluding hydrogens is 431 g/mol. The summed E-state index contributed by atoms with van der Waals surface area (Å²) in [6.07, 6.45) is -0.0357. The van der Waals surface area contributed by atoms with E-state index in [9.17, 15) is 27.5 Å². The van der Waals surface area contributed by atoms with Gasteiger partial charge in [0.05, 0.1) is 0 Å². The topological polar surface area (TPSA) is 113 Å². The largest absolute Gasteiger partial charge is 0.480 e. The molecule has 0 radical (unpaired) electrons. The number of nitrogens with one attached hydrogen (secondary N) is 2. The minimum absolute atomic E-state index is 0.0357. The lowest BCUT2D eigenvalue weighted by Crippen LogP contribution is -2.42. The van der Waals surface area contributed by atoms with Crippen LogP contribution in [0.25, 0.3) is 0 Å². The van der Waals surface area contributed by atoms with Crippen molar-refractivity contribution >= 4 is 38.9 Å². The number of hydrogen-bond acceptors (Lipinski definition) is 5. The molecule has 2 aromatic carbocycles. The van der Waals surface area contributed by atoms with E-state index in [-0.39, 0.29) is 21.9 Å². The first-order valence-electron chi connectivity index (χ1n) is 8.69. The third-order valence-electron chi connectivity index (χ3n) is 4.09. The van der Waals surface area contributed by atoms with E-state index < -0.39 is 33.8 Å². The lowest BCUT2D eigenvalue weighted by molar-refractivity contribution is -0.139. The van der Waals surface area contributed by atoms with Crippen molar-refractivity contribution in [1.82, 2.24) is 5.32 Å². The second-order valence-corrected chi connectivity index (χ2v) is 9.17. The number of hydrogen-bond donors (Lipinski definition) is 3. The predicted molar refractivity (Wildman–Crippen MR) is 111 cm³/mol. The van der Waals surface area contributed by atoms with E-state index in [4.69, 9.17) is 0 Å². The third kappa shape index (κ3) is 5.43. The molecule has 0 aliphatic heterocycles. The summed E-state index contributed by atoms with van der Waals surface area (Å²) in [6, 6.07) is 12.8. The van der Waals surface area contributed by atoms with Gasteiger partial charge in [0, 0.05) is 17.7 Å². The summed E-state index contributed by atoms with van der Waals surface area (Å²) >= 11 is 1.05. The number of benzene rings is 2. The van der Waals surface area contributed by atoms with Crippen LogP contribution in [0.4, 0.5) is 10.1 Å². The summed E-state index contributed by atoms with van der Waals surface area (Å²) in [5.74, 6) is -2.37. The van der Waals surface area contributed by atoms with Gasteiger partial charge in [-0.3, -0.25) is 9.52 Å². The average Bonchev–Trinajstić information content (AvgIpc) is 3.25. The van der Waals surface area contributed by atoms with E-state index in [1.165, 1.54) is 54.6 Å². The number of rotatable bonds is 8. The lowest BCUT2D eigenvalue weighted by Gasteiger charge is -2.15. The molecular formula is C20H17FN2O5S2. The summed E-state index contributed by atoms with van der Waals surface area (Å²) in [6.45, 7) is 0. The van der Waals surface area contributed by atoms with Gasteiger partial charge in [-0.25, -0.2) is 17.6 Å². The summed E-state index contributed by atoms with van der Waals surface area (Å²) in [7, 11) is -3.78. The fraction of sp³-hybridized carbons (Fsp3) is 0.100. The Morgan fingerprint density at radius 1 is 1.07 bits per heavy atom. The van der Waals surface area contributed by atoms with Crippen molar-refractivity contribution < 1.29 is 27.5 Å². The maximum Gasteiger partial charge on any atom is 0.326 e. The van der Waals surface area contributed by atoms with Crippen molar-refractivity contribution in [3.63, 3.8) is 0 Å². The lowest BCUT2D eigenvalue weighted by atomic mass is 10.1. The first kappa shape index (κ1) is 21.5. The van der Waals surface area contributed by atoms with Crippen LogP contribution in [0, 0.1) is 5.82 Å². The van der Waals surface area contributed by atoms with Crippen molar-refractivity contribution in [2.75, 3.05) is 4.72 Å². The standard InChI is InChI=1S/C20H17FN2O5S2/c21-15-8-6-13(7-9-15)11-17(20(25)26)22-19(24)14-3-1-4-16(12-14)23-30(27,28)18-5-2-10-29-18/h1-10,12,17,23H,11H2,(H,22,24)(H,25,26)/t17-/m1/s1. The van der Waals surface area contributed by atoms with Gasteiger partial charge in [0.2, 0.25) is 0 Å². The molecule has 156 valence electrons. The van der Waals surface area contributed by atoms with Gasteiger partial charge in [-0.05, 0) is 47.3 Å². The van der Waals surface area contributed by atoms with Crippen molar-refractivity contribution in [2.45, 2.75) is 16.7 Å². The Hall–Kier alpha value is -3.24. The predicted octanol–water partition coefficient (Wildman–Crippen LogP) is 3.11. The van der Waals surface area contributed by atoms with Crippen LogP contribution in [0.15, 0.2) is 70.3 Å². The second-order valence-electron chi connectivity index (χ2n) is 6.31. The van der Waals surface area contributed by atoms with Gasteiger partial charge >= 0.3 is 5.97 Å². The number of sulfonamides is 1. The molecule has 1 heterocycles. The highest BCUT2D eigenvalue weighted by molar-refractivity contribution is 7.94. The first-order chi connectivity index (χ1) is 14.2. The molecule has 7 nitrogen and oxygen atoms in total. The van der Waals surface area contributed by atoms with Crippen LogP contribution >= 0.6 is 11.3 Å². The van der Waals surface area contributed by atoms with E-state index >= 15 is 0 Å². The number of carboxylic acid groups (broad SMARTS) is 1. The molecule has 30 heavy (non-hydrogen) atoms. The highest BCUT2D eigenvalue weighted by Crippen LogP contribution is 2.21. The number of amides is 1. The average molecular weight is 448 g/mol. The van der Waals surface area contributed by atoms with E-state index in [2.05, 4.69) is 10.0 Å². The molecule has 0 bridgehead atoms. The molecule has 0 saturated heterocycles. The van der Waals surface area contributed by atoms with E-state index in [1.54, 1.807) is 11.4 Å². The highest BCUT2D eigenvalue weighted by Gasteiger charge is 2.22. The molecule has 10 heteroatoms. The number of aliphatic carboxylic acids is 1. The van der Waals surface area contributed by atoms with Gasteiger partial charge in [0.1, 0.15) is 16.1 Å². The molecule has 3 aromatic rings. The van der Waals surface area contributed by atoms with E-state index in [0.717, 1.165) is 11.3 Å². The molecule has 3 rings (SSSR count). The Labute approximate surface area is 176 Å². The molecule has 0 unspecified atom stereocenters. The highest BCUT2D eigenvalue weighted by atomic mass is 32.2. The van der Waals surface area contributed by atoms with Crippen LogP contribution in [0.1, 0.15) is 15.9 Å². The Morgan fingerprint density at radius 3 is 2.43 bits per heavy atom. The van der Waals surface area contributed by atoms with Gasteiger partial charge in [-0.1, -0.05) is 24.3 Å². The normalized spacial score (nSPS) is 12.2. The monoisotopic (exact) mass is 448 g/mol. The number of thiophene rings is 1. The van der Waals surface area contributed by atoms with Gasteiger partial charge in [-0.2, -0.15) is 0 Å². The maximum absolute atomic E-state index is 13.0. The van der Waals surface area contributed by atoms with Crippen LogP contribution in [-0.2, 0) is 21.2 Å². The molecule has 1 amide bonds. The summed E-state index contributed by atoms with van der Waals surface area (Å²) in [5, 5.41) is 13.5. The van der Waals surface area contributed by atoms with Crippen LogP contribution in [0.3, 0.4) is 0 Å². The molecule has 0 fully saturated rings. The number of carboxylic acids is 1. The Balaban J connectivity index is 1.73. The van der Waals surface area contributed by atoms with Crippen molar-refractivity contribution in [1.29, 1.82) is 0 Å². The molecule has 0 saturated carbocycles. The minimum Gasteiger partial charge on any atom is -0.480 e. The summed E-state index contributed by atoms with van der Waals surface area (Å²) in [5.41, 5.74) is 0.801. The molecule has 0 aliphatic rings. The Morgan fingerprint density at radius 2 is 1.80 bits per heavy atom. The van der Waals surface area contributed by atoms with E-state index in [1.807, 2.05) is 0 Å². The van der Waals surface area contributed by atoms with Crippen molar-refractivity contribution in [3.05, 3.63) is 83.0 Å². The van der Waals surface area contributed by atoms with Crippen LogP contribution < -0.4 is 10.0 Å². The number of carbonyl (C=O) groups excluding carboxylic acids is 1. The SMILES string of the molecule is O=C(N[C@H](Cc1ccc(F)cc1)C(=O)O)c1cccc(NS(=O)(=O)c2cccs2)c1. The Kier molecular flexibility index (Phi) is 6.48. The van der Waals surface area contributed by atoms with Crippen molar-refractivity contribution in [3.8, 4) is 0 Å². The van der Waals surface area contributed by atoms with Gasteiger partial charge < -0.3 is 10.4 Å².